The maximum atomic E-state index is 12.6. The molecule has 0 saturated heterocycles. The molecule has 0 aliphatic carbocycles. The average Bonchev–Trinajstić information content (AvgIpc) is 2.84. The largest absolute Gasteiger partial charge is 0.462 e. The average molecular weight is 511 g/mol. The van der Waals surface area contributed by atoms with Crippen molar-refractivity contribution < 1.29 is 33.0 Å². The van der Waals surface area contributed by atoms with Crippen LogP contribution in [0, 0.1) is 0 Å². The molecular weight excluding hydrogens is 476 g/mol. The van der Waals surface area contributed by atoms with Gasteiger partial charge in [-0.15, -0.1) is 0 Å². The first kappa shape index (κ1) is 29.3. The number of hydrogen-bond acceptors (Lipinski definition) is 8. The Bertz CT molecular complexity index is 1260. The smallest absolute Gasteiger partial charge is 0.339 e. The zero-order valence-electron chi connectivity index (χ0n) is 21.8. The van der Waals surface area contributed by atoms with Gasteiger partial charge in [-0.1, -0.05) is 25.8 Å². The molecule has 0 atom stereocenters. The summed E-state index contributed by atoms with van der Waals surface area (Å²) in [6, 6.07) is 5.61. The van der Waals surface area contributed by atoms with E-state index in [1.807, 2.05) is 12.1 Å². The van der Waals surface area contributed by atoms with Crippen molar-refractivity contribution in [2.24, 2.45) is 0 Å². The molecule has 1 aromatic carbocycles. The highest BCUT2D eigenvalue weighted by Crippen LogP contribution is 2.24. The number of hydrogen-bond donors (Lipinski definition) is 0. The van der Waals surface area contributed by atoms with Gasteiger partial charge in [-0.2, -0.15) is 0 Å². The second-order valence-electron chi connectivity index (χ2n) is 8.94. The summed E-state index contributed by atoms with van der Waals surface area (Å²) in [7, 11) is 0. The van der Waals surface area contributed by atoms with Crippen LogP contribution in [0.3, 0.4) is 0 Å². The Kier molecular flexibility index (Phi) is 11.1. The minimum absolute atomic E-state index is 0.0245. The molecule has 2 aromatic rings. The van der Waals surface area contributed by atoms with E-state index in [0.29, 0.717) is 48.0 Å². The van der Waals surface area contributed by atoms with E-state index in [-0.39, 0.29) is 31.8 Å². The highest BCUT2D eigenvalue weighted by atomic mass is 16.5. The van der Waals surface area contributed by atoms with Crippen LogP contribution in [0.25, 0.3) is 11.0 Å². The second-order valence-corrected chi connectivity index (χ2v) is 8.94. The van der Waals surface area contributed by atoms with Crippen molar-refractivity contribution in [3.05, 3.63) is 81.8 Å². The van der Waals surface area contributed by atoms with E-state index in [4.69, 9.17) is 18.6 Å². The summed E-state index contributed by atoms with van der Waals surface area (Å²) in [5.41, 5.74) is 3.06. The molecule has 1 aromatic heterocycles. The zero-order chi connectivity index (χ0) is 27.5. The second kappa shape index (κ2) is 14.0. The standard InChI is InChI=1S/C29H34O8/c1-18(2)26(30)34-12-7-9-21-15-22(10-8-13-35-27(31)19(3)4)25-24(16-21)17-23(29(33)37-25)11-14-36-28(32)20(5)6/h15-17H,1,3,5,7-14H2,2,4,6H3. The SMILES string of the molecule is C=C(C)C(=O)OCCCc1cc(CCCOC(=O)C(=C)C)c2oc(=O)c(CCOC(=O)C(=C)C)cc2c1. The third-order valence-corrected chi connectivity index (χ3v) is 5.36. The Labute approximate surface area is 216 Å². The van der Waals surface area contributed by atoms with Crippen LogP contribution in [0.1, 0.15) is 50.3 Å². The van der Waals surface area contributed by atoms with Crippen LogP contribution >= 0.6 is 0 Å². The minimum atomic E-state index is -0.519. The summed E-state index contributed by atoms with van der Waals surface area (Å²) in [6.07, 6.45) is 2.46. The highest BCUT2D eigenvalue weighted by Gasteiger charge is 2.13. The summed E-state index contributed by atoms with van der Waals surface area (Å²) in [4.78, 5) is 47.5. The van der Waals surface area contributed by atoms with Crippen LogP contribution in [0.2, 0.25) is 0 Å². The van der Waals surface area contributed by atoms with Crippen LogP contribution in [0.4, 0.5) is 0 Å². The van der Waals surface area contributed by atoms with Crippen molar-refractivity contribution in [1.29, 1.82) is 0 Å². The summed E-state index contributed by atoms with van der Waals surface area (Å²) in [5.74, 6) is -1.40. The molecule has 0 spiro atoms. The third-order valence-electron chi connectivity index (χ3n) is 5.36. The summed E-state index contributed by atoms with van der Waals surface area (Å²) in [5, 5.41) is 0.728. The van der Waals surface area contributed by atoms with Gasteiger partial charge in [0.15, 0.2) is 0 Å². The van der Waals surface area contributed by atoms with Crippen LogP contribution in [-0.4, -0.2) is 37.7 Å². The first-order valence-corrected chi connectivity index (χ1v) is 12.1. The topological polar surface area (TPSA) is 109 Å². The van der Waals surface area contributed by atoms with E-state index < -0.39 is 23.5 Å². The molecule has 2 rings (SSSR count). The Morgan fingerprint density at radius 1 is 0.703 bits per heavy atom. The van der Waals surface area contributed by atoms with Crippen molar-refractivity contribution in [2.45, 2.75) is 52.9 Å². The lowest BCUT2D eigenvalue weighted by Crippen LogP contribution is -2.14. The van der Waals surface area contributed by atoms with Gasteiger partial charge in [0.05, 0.1) is 19.8 Å². The predicted molar refractivity (Wildman–Crippen MR) is 140 cm³/mol. The van der Waals surface area contributed by atoms with E-state index >= 15 is 0 Å². The van der Waals surface area contributed by atoms with Gasteiger partial charge in [-0.25, -0.2) is 19.2 Å². The van der Waals surface area contributed by atoms with Gasteiger partial charge >= 0.3 is 23.5 Å². The fourth-order valence-electron chi connectivity index (χ4n) is 3.41. The molecule has 0 aliphatic heterocycles. The number of carbonyl (C=O) groups is 3. The van der Waals surface area contributed by atoms with Crippen LogP contribution in [0.15, 0.2) is 63.9 Å². The lowest BCUT2D eigenvalue weighted by Gasteiger charge is -2.12. The normalized spacial score (nSPS) is 10.6. The van der Waals surface area contributed by atoms with Gasteiger partial charge in [-0.3, -0.25) is 0 Å². The van der Waals surface area contributed by atoms with Gasteiger partial charge in [0.2, 0.25) is 0 Å². The summed E-state index contributed by atoms with van der Waals surface area (Å²) >= 11 is 0. The lowest BCUT2D eigenvalue weighted by molar-refractivity contribution is -0.139. The molecule has 8 heteroatoms. The Hall–Kier alpha value is -3.94. The van der Waals surface area contributed by atoms with E-state index in [0.717, 1.165) is 16.5 Å². The first-order valence-electron chi connectivity index (χ1n) is 12.1. The minimum Gasteiger partial charge on any atom is -0.462 e. The molecule has 1 heterocycles. The maximum absolute atomic E-state index is 12.6. The van der Waals surface area contributed by atoms with Gasteiger partial charge < -0.3 is 18.6 Å². The van der Waals surface area contributed by atoms with Crippen molar-refractivity contribution in [3.8, 4) is 0 Å². The van der Waals surface area contributed by atoms with E-state index in [1.165, 1.54) is 0 Å². The molecule has 0 bridgehead atoms. The van der Waals surface area contributed by atoms with Gasteiger partial charge in [0.1, 0.15) is 5.58 Å². The molecule has 0 aliphatic rings. The number of benzene rings is 1. The molecule has 0 saturated carbocycles. The molecule has 37 heavy (non-hydrogen) atoms. The number of rotatable bonds is 14. The Morgan fingerprint density at radius 3 is 1.76 bits per heavy atom. The number of fused-ring (bicyclic) bond motifs is 1. The van der Waals surface area contributed by atoms with Crippen molar-refractivity contribution in [2.75, 3.05) is 19.8 Å². The summed E-state index contributed by atoms with van der Waals surface area (Å²) < 4.78 is 21.1. The molecule has 8 nitrogen and oxygen atoms in total. The van der Waals surface area contributed by atoms with Gasteiger partial charge in [0.25, 0.3) is 0 Å². The summed E-state index contributed by atoms with van der Waals surface area (Å²) in [6.45, 7) is 15.9. The molecule has 0 amide bonds. The van der Waals surface area contributed by atoms with Crippen molar-refractivity contribution in [1.82, 2.24) is 0 Å². The number of aryl methyl sites for hydroxylation is 2. The van der Waals surface area contributed by atoms with E-state index in [9.17, 15) is 19.2 Å². The van der Waals surface area contributed by atoms with Crippen LogP contribution in [0.5, 0.6) is 0 Å². The molecule has 0 fully saturated rings. The van der Waals surface area contributed by atoms with Gasteiger partial charge in [-0.05, 0) is 69.7 Å². The lowest BCUT2D eigenvalue weighted by atomic mass is 9.99. The Morgan fingerprint density at radius 2 is 1.22 bits per heavy atom. The van der Waals surface area contributed by atoms with Gasteiger partial charge in [0, 0.05) is 34.1 Å². The molecule has 198 valence electrons. The fraction of sp³-hybridized carbons (Fsp3) is 0.379. The predicted octanol–water partition coefficient (Wildman–Crippen LogP) is 4.56. The number of esters is 3. The zero-order valence-corrected chi connectivity index (χ0v) is 21.8. The number of carbonyl (C=O) groups excluding carboxylic acids is 3. The highest BCUT2D eigenvalue weighted by molar-refractivity contribution is 5.87. The monoisotopic (exact) mass is 510 g/mol. The third kappa shape index (κ3) is 9.22. The molecule has 0 N–H and O–H groups in total. The van der Waals surface area contributed by atoms with Crippen LogP contribution in [-0.2, 0) is 47.9 Å². The first-order chi connectivity index (χ1) is 17.5. The quantitative estimate of drug-likeness (QED) is 0.120. The van der Waals surface area contributed by atoms with Crippen molar-refractivity contribution >= 4 is 28.9 Å². The van der Waals surface area contributed by atoms with E-state index in [2.05, 4.69) is 19.7 Å². The molecule has 0 radical (unpaired) electrons. The molecule has 0 unspecified atom stereocenters. The Balaban J connectivity index is 2.23. The maximum Gasteiger partial charge on any atom is 0.339 e. The van der Waals surface area contributed by atoms with Crippen LogP contribution < -0.4 is 5.63 Å². The fourth-order valence-corrected chi connectivity index (χ4v) is 3.41. The number of ether oxygens (including phenoxy) is 3. The van der Waals surface area contributed by atoms with Crippen molar-refractivity contribution in [3.63, 3.8) is 0 Å². The molecular formula is C29H34O8. The van der Waals surface area contributed by atoms with E-state index in [1.54, 1.807) is 26.8 Å².